The maximum absolute atomic E-state index is 12.7. The van der Waals surface area contributed by atoms with Gasteiger partial charge in [-0.3, -0.25) is 4.79 Å². The van der Waals surface area contributed by atoms with Gasteiger partial charge in [-0.25, -0.2) is 0 Å². The van der Waals surface area contributed by atoms with Gasteiger partial charge < -0.3 is 4.74 Å². The second-order valence-corrected chi connectivity index (χ2v) is 7.88. The lowest BCUT2D eigenvalue weighted by molar-refractivity contribution is -0.116. The van der Waals surface area contributed by atoms with Crippen molar-refractivity contribution in [3.05, 3.63) is 64.4 Å². The molecule has 3 aliphatic rings. The summed E-state index contributed by atoms with van der Waals surface area (Å²) in [6, 6.07) is 6.55. The van der Waals surface area contributed by atoms with Crippen molar-refractivity contribution in [3.8, 4) is 0 Å². The number of hydrogen-bond donors (Lipinski definition) is 0. The van der Waals surface area contributed by atoms with Crippen molar-refractivity contribution in [1.82, 2.24) is 0 Å². The smallest absolute Gasteiger partial charge is 0.208 e. The van der Waals surface area contributed by atoms with Crippen molar-refractivity contribution in [2.45, 2.75) is 52.1 Å². The van der Waals surface area contributed by atoms with Crippen LogP contribution in [0, 0.1) is 18.8 Å². The van der Waals surface area contributed by atoms with Crippen LogP contribution in [-0.2, 0) is 9.53 Å². The topological polar surface area (TPSA) is 26.3 Å². The first kappa shape index (κ1) is 16.4. The van der Waals surface area contributed by atoms with E-state index in [0.717, 1.165) is 17.1 Å². The van der Waals surface area contributed by atoms with Gasteiger partial charge in [0.15, 0.2) is 5.76 Å². The highest BCUT2D eigenvalue weighted by molar-refractivity contribution is 6.02. The highest BCUT2D eigenvalue weighted by atomic mass is 16.5. The molecule has 0 spiro atoms. The van der Waals surface area contributed by atoms with Gasteiger partial charge in [0.25, 0.3) is 0 Å². The predicted molar refractivity (Wildman–Crippen MR) is 101 cm³/mol. The number of aryl methyl sites for hydroxylation is 1. The molecule has 0 radical (unpaired) electrons. The van der Waals surface area contributed by atoms with E-state index in [9.17, 15) is 4.79 Å². The van der Waals surface area contributed by atoms with E-state index in [2.05, 4.69) is 32.0 Å². The van der Waals surface area contributed by atoms with Gasteiger partial charge in [0.1, 0.15) is 6.10 Å². The van der Waals surface area contributed by atoms with Crippen LogP contribution in [-0.4, -0.2) is 11.9 Å². The molecule has 1 heterocycles. The summed E-state index contributed by atoms with van der Waals surface area (Å²) < 4.78 is 5.93. The highest BCUT2D eigenvalue weighted by Gasteiger charge is 2.38. The Bertz CT molecular complexity index is 796. The minimum absolute atomic E-state index is 0.102. The first-order chi connectivity index (χ1) is 12.0. The molecule has 25 heavy (non-hydrogen) atoms. The zero-order valence-electron chi connectivity index (χ0n) is 15.3. The molecule has 130 valence electrons. The van der Waals surface area contributed by atoms with Crippen LogP contribution in [0.25, 0.3) is 6.08 Å². The minimum Gasteiger partial charge on any atom is -0.481 e. The first-order valence-corrected chi connectivity index (χ1v) is 9.42. The summed E-state index contributed by atoms with van der Waals surface area (Å²) in [5.74, 6) is 1.84. The van der Waals surface area contributed by atoms with Crippen molar-refractivity contribution < 1.29 is 9.53 Å². The zero-order valence-corrected chi connectivity index (χ0v) is 15.3. The van der Waals surface area contributed by atoms with Gasteiger partial charge in [-0.2, -0.15) is 0 Å². The lowest BCUT2D eigenvalue weighted by atomic mass is 9.86. The fraction of sp³-hybridized carbons (Fsp3) is 0.435. The number of rotatable bonds is 2. The average molecular weight is 334 g/mol. The second-order valence-electron chi connectivity index (χ2n) is 7.88. The zero-order chi connectivity index (χ0) is 17.6. The third kappa shape index (κ3) is 2.99. The molecule has 1 saturated heterocycles. The van der Waals surface area contributed by atoms with Crippen molar-refractivity contribution in [2.75, 3.05) is 0 Å². The van der Waals surface area contributed by atoms with Crippen molar-refractivity contribution in [2.24, 2.45) is 11.8 Å². The second kappa shape index (κ2) is 6.33. The SMILES string of the molecule is CC1=CC2C(=O)/C(=C/c3ccc(C)c(C4CCCC4C)c3)OC2C=C1. The number of ketones is 1. The molecule has 1 aromatic carbocycles. The molecule has 1 saturated carbocycles. The summed E-state index contributed by atoms with van der Waals surface area (Å²) in [6.07, 6.45) is 11.8. The molecule has 1 aliphatic heterocycles. The number of carbonyl (C=O) groups is 1. The van der Waals surface area contributed by atoms with E-state index in [4.69, 9.17) is 4.74 Å². The standard InChI is InChI=1S/C23H26O2/c1-14-7-10-21-20(11-14)23(24)22(25-21)13-17-9-8-16(3)19(12-17)18-6-4-5-15(18)2/h7-13,15,18,20-21H,4-6H2,1-3H3/b22-13-. The Kier molecular flexibility index (Phi) is 4.15. The molecule has 4 unspecified atom stereocenters. The summed E-state index contributed by atoms with van der Waals surface area (Å²) in [6.45, 7) is 6.58. The van der Waals surface area contributed by atoms with Gasteiger partial charge in [0.2, 0.25) is 5.78 Å². The summed E-state index contributed by atoms with van der Waals surface area (Å²) in [5.41, 5.74) is 5.01. The fourth-order valence-corrected chi connectivity index (χ4v) is 4.52. The molecule has 1 aromatic rings. The summed E-state index contributed by atoms with van der Waals surface area (Å²) in [4.78, 5) is 12.7. The Morgan fingerprint density at radius 1 is 1.20 bits per heavy atom. The molecular formula is C23H26O2. The Balaban J connectivity index is 1.64. The van der Waals surface area contributed by atoms with Crippen LogP contribution in [0.3, 0.4) is 0 Å². The van der Waals surface area contributed by atoms with E-state index in [-0.39, 0.29) is 17.8 Å². The summed E-state index contributed by atoms with van der Waals surface area (Å²) in [7, 11) is 0. The van der Waals surface area contributed by atoms with Gasteiger partial charge in [-0.1, -0.05) is 55.7 Å². The van der Waals surface area contributed by atoms with E-state index in [1.165, 1.54) is 30.4 Å². The lowest BCUT2D eigenvalue weighted by Gasteiger charge is -2.19. The molecule has 0 amide bonds. The van der Waals surface area contributed by atoms with Crippen LogP contribution in [0.1, 0.15) is 55.7 Å². The quantitative estimate of drug-likeness (QED) is 0.682. The summed E-state index contributed by atoms with van der Waals surface area (Å²) >= 11 is 0. The summed E-state index contributed by atoms with van der Waals surface area (Å²) in [5, 5.41) is 0. The van der Waals surface area contributed by atoms with Crippen molar-refractivity contribution >= 4 is 11.9 Å². The number of Topliss-reactive ketones (excluding diaryl/α,β-unsaturated/α-hetero) is 1. The van der Waals surface area contributed by atoms with E-state index >= 15 is 0 Å². The molecule has 2 fully saturated rings. The molecule has 0 aromatic heterocycles. The number of fused-ring (bicyclic) bond motifs is 1. The van der Waals surface area contributed by atoms with E-state index in [1.54, 1.807) is 0 Å². The number of hydrogen-bond acceptors (Lipinski definition) is 2. The van der Waals surface area contributed by atoms with Crippen molar-refractivity contribution in [1.29, 1.82) is 0 Å². The minimum atomic E-state index is -0.156. The maximum Gasteiger partial charge on any atom is 0.208 e. The Morgan fingerprint density at radius 3 is 2.80 bits per heavy atom. The lowest BCUT2D eigenvalue weighted by Crippen LogP contribution is -2.18. The van der Waals surface area contributed by atoms with Crippen LogP contribution < -0.4 is 0 Å². The molecule has 4 rings (SSSR count). The maximum atomic E-state index is 12.7. The van der Waals surface area contributed by atoms with Crippen LogP contribution in [0.2, 0.25) is 0 Å². The molecule has 2 aliphatic carbocycles. The number of carbonyl (C=O) groups excluding carboxylic acids is 1. The molecule has 0 bridgehead atoms. The Morgan fingerprint density at radius 2 is 2.04 bits per heavy atom. The number of benzene rings is 1. The molecule has 2 heteroatoms. The molecular weight excluding hydrogens is 308 g/mol. The van der Waals surface area contributed by atoms with Gasteiger partial charge in [-0.05, 0) is 60.9 Å². The van der Waals surface area contributed by atoms with Crippen LogP contribution in [0.4, 0.5) is 0 Å². The van der Waals surface area contributed by atoms with Crippen LogP contribution >= 0.6 is 0 Å². The van der Waals surface area contributed by atoms with Gasteiger partial charge in [-0.15, -0.1) is 0 Å². The van der Waals surface area contributed by atoms with E-state index in [0.29, 0.717) is 11.7 Å². The first-order valence-electron chi connectivity index (χ1n) is 9.42. The fourth-order valence-electron chi connectivity index (χ4n) is 4.52. The largest absolute Gasteiger partial charge is 0.481 e. The van der Waals surface area contributed by atoms with Crippen molar-refractivity contribution in [3.63, 3.8) is 0 Å². The van der Waals surface area contributed by atoms with Crippen LogP contribution in [0.5, 0.6) is 0 Å². The van der Waals surface area contributed by atoms with E-state index < -0.39 is 0 Å². The third-order valence-electron chi connectivity index (χ3n) is 6.02. The van der Waals surface area contributed by atoms with Gasteiger partial charge in [0, 0.05) is 0 Å². The number of ether oxygens (including phenoxy) is 1. The normalized spacial score (nSPS) is 32.7. The predicted octanol–water partition coefficient (Wildman–Crippen LogP) is 5.34. The van der Waals surface area contributed by atoms with Gasteiger partial charge >= 0.3 is 0 Å². The molecule has 0 N–H and O–H groups in total. The average Bonchev–Trinajstić information content (AvgIpc) is 3.14. The third-order valence-corrected chi connectivity index (χ3v) is 6.02. The van der Waals surface area contributed by atoms with Crippen LogP contribution in [0.15, 0.2) is 47.8 Å². The highest BCUT2D eigenvalue weighted by Crippen LogP contribution is 2.41. The van der Waals surface area contributed by atoms with Gasteiger partial charge in [0.05, 0.1) is 5.92 Å². The Labute approximate surface area is 150 Å². The monoisotopic (exact) mass is 334 g/mol. The Hall–Kier alpha value is -2.09. The number of allylic oxidation sites excluding steroid dienone is 3. The molecule has 2 nitrogen and oxygen atoms in total. The van der Waals surface area contributed by atoms with E-state index in [1.807, 2.05) is 31.2 Å². The molecule has 4 atom stereocenters.